The van der Waals surface area contributed by atoms with Crippen molar-refractivity contribution in [2.24, 2.45) is 10.9 Å². The lowest BCUT2D eigenvalue weighted by Crippen LogP contribution is -2.40. The normalized spacial score (nSPS) is 17.0. The average molecular weight is 540 g/mol. The maximum Gasteiger partial charge on any atom is 0.387 e. The Morgan fingerprint density at radius 3 is 2.70 bits per heavy atom. The van der Waals surface area contributed by atoms with Crippen LogP contribution in [0.3, 0.4) is 0 Å². The first kappa shape index (κ1) is 26.7. The van der Waals surface area contributed by atoms with E-state index in [4.69, 9.17) is 9.47 Å². The molecule has 1 aliphatic heterocycles. The minimum atomic E-state index is -2.89. The molecule has 1 aliphatic rings. The lowest BCUT2D eigenvalue weighted by Gasteiger charge is -2.17. The van der Waals surface area contributed by atoms with Crippen molar-refractivity contribution in [2.75, 3.05) is 39.3 Å². The summed E-state index contributed by atoms with van der Waals surface area (Å²) < 4.78 is 35.9. The standard InChI is InChI=1S/C21H34F2N4O2.HI/c1-4-11-28-18-8-7-17(19(12-18)29-20(22)23)14-26-21(24-5-2)25-13-16-9-10-27(6-3)15-16;/h7-8,12,16,20H,4-6,9-11,13-15H2,1-3H3,(H2,24,25,26);1H. The van der Waals surface area contributed by atoms with Gasteiger partial charge in [0.2, 0.25) is 0 Å². The molecule has 1 saturated heterocycles. The number of likely N-dealkylation sites (tertiary alicyclic amines) is 1. The maximum atomic E-state index is 12.8. The van der Waals surface area contributed by atoms with Gasteiger partial charge in [-0.25, -0.2) is 4.99 Å². The van der Waals surface area contributed by atoms with E-state index < -0.39 is 6.61 Å². The third kappa shape index (κ3) is 9.20. The van der Waals surface area contributed by atoms with Crippen LogP contribution in [0.4, 0.5) is 8.78 Å². The summed E-state index contributed by atoms with van der Waals surface area (Å²) in [6, 6.07) is 4.99. The summed E-state index contributed by atoms with van der Waals surface area (Å²) in [4.78, 5) is 7.00. The topological polar surface area (TPSA) is 58.1 Å². The Balaban J connectivity index is 0.00000450. The number of hydrogen-bond acceptors (Lipinski definition) is 4. The third-order valence-corrected chi connectivity index (χ3v) is 4.85. The Bertz CT molecular complexity index is 649. The molecule has 1 heterocycles. The van der Waals surface area contributed by atoms with Gasteiger partial charge in [0.05, 0.1) is 13.2 Å². The number of halogens is 3. The van der Waals surface area contributed by atoms with Crippen LogP contribution in [-0.4, -0.2) is 56.8 Å². The van der Waals surface area contributed by atoms with Crippen LogP contribution in [0.5, 0.6) is 11.5 Å². The van der Waals surface area contributed by atoms with Crippen molar-refractivity contribution in [3.63, 3.8) is 0 Å². The highest BCUT2D eigenvalue weighted by Gasteiger charge is 2.21. The summed E-state index contributed by atoms with van der Waals surface area (Å²) in [6.45, 7) is 8.90. The molecule has 1 unspecified atom stereocenters. The van der Waals surface area contributed by atoms with E-state index in [0.717, 1.165) is 39.1 Å². The van der Waals surface area contributed by atoms with Gasteiger partial charge in [0.25, 0.3) is 0 Å². The van der Waals surface area contributed by atoms with Gasteiger partial charge in [-0.2, -0.15) is 8.78 Å². The number of ether oxygens (including phenoxy) is 2. The van der Waals surface area contributed by atoms with Crippen molar-refractivity contribution in [1.82, 2.24) is 15.5 Å². The van der Waals surface area contributed by atoms with Crippen molar-refractivity contribution in [2.45, 2.75) is 46.8 Å². The summed E-state index contributed by atoms with van der Waals surface area (Å²) in [6.07, 6.45) is 2.01. The molecule has 1 atom stereocenters. The number of benzene rings is 1. The summed E-state index contributed by atoms with van der Waals surface area (Å²) in [5, 5.41) is 6.59. The van der Waals surface area contributed by atoms with Gasteiger partial charge < -0.3 is 25.0 Å². The second-order valence-corrected chi connectivity index (χ2v) is 7.12. The number of guanidine groups is 1. The fourth-order valence-electron chi connectivity index (χ4n) is 3.29. The molecule has 0 spiro atoms. The van der Waals surface area contributed by atoms with Crippen molar-refractivity contribution >= 4 is 29.9 Å². The van der Waals surface area contributed by atoms with Crippen molar-refractivity contribution in [3.05, 3.63) is 23.8 Å². The van der Waals surface area contributed by atoms with Crippen LogP contribution in [-0.2, 0) is 6.54 Å². The van der Waals surface area contributed by atoms with Crippen molar-refractivity contribution in [3.8, 4) is 11.5 Å². The minimum Gasteiger partial charge on any atom is -0.493 e. The summed E-state index contributed by atoms with van der Waals surface area (Å²) in [5.74, 6) is 1.88. The van der Waals surface area contributed by atoms with E-state index >= 15 is 0 Å². The largest absolute Gasteiger partial charge is 0.493 e. The first-order valence-electron chi connectivity index (χ1n) is 10.5. The molecule has 0 saturated carbocycles. The molecule has 1 fully saturated rings. The van der Waals surface area contributed by atoms with Crippen LogP contribution >= 0.6 is 24.0 Å². The third-order valence-electron chi connectivity index (χ3n) is 4.85. The summed E-state index contributed by atoms with van der Waals surface area (Å²) in [5.41, 5.74) is 0.587. The van der Waals surface area contributed by atoms with Gasteiger partial charge in [-0.05, 0) is 50.9 Å². The van der Waals surface area contributed by atoms with E-state index in [1.165, 1.54) is 12.5 Å². The quantitative estimate of drug-likeness (QED) is 0.252. The average Bonchev–Trinajstić information content (AvgIpc) is 3.17. The molecule has 0 bridgehead atoms. The molecule has 6 nitrogen and oxygen atoms in total. The van der Waals surface area contributed by atoms with Gasteiger partial charge in [-0.3, -0.25) is 0 Å². The lowest BCUT2D eigenvalue weighted by atomic mass is 10.1. The Morgan fingerprint density at radius 2 is 2.07 bits per heavy atom. The van der Waals surface area contributed by atoms with Crippen LogP contribution in [0.2, 0.25) is 0 Å². The summed E-state index contributed by atoms with van der Waals surface area (Å²) >= 11 is 0. The Kier molecular flexibility index (Phi) is 13.0. The van der Waals surface area contributed by atoms with Gasteiger partial charge in [-0.15, -0.1) is 24.0 Å². The molecule has 9 heteroatoms. The Hall–Kier alpha value is -1.36. The van der Waals surface area contributed by atoms with E-state index in [1.54, 1.807) is 12.1 Å². The number of aliphatic imine (C=N–C) groups is 1. The van der Waals surface area contributed by atoms with Gasteiger partial charge in [0.15, 0.2) is 5.96 Å². The van der Waals surface area contributed by atoms with Crippen molar-refractivity contribution < 1.29 is 18.3 Å². The highest BCUT2D eigenvalue weighted by Crippen LogP contribution is 2.27. The monoisotopic (exact) mass is 540 g/mol. The lowest BCUT2D eigenvalue weighted by molar-refractivity contribution is -0.0505. The van der Waals surface area contributed by atoms with Crippen molar-refractivity contribution in [1.29, 1.82) is 0 Å². The minimum absolute atomic E-state index is 0. The maximum absolute atomic E-state index is 12.8. The second-order valence-electron chi connectivity index (χ2n) is 7.12. The SMILES string of the molecule is CCCOc1ccc(CN=C(NCC)NCC2CCN(CC)C2)c(OC(F)F)c1.I. The Morgan fingerprint density at radius 1 is 1.27 bits per heavy atom. The molecule has 0 radical (unpaired) electrons. The number of nitrogens with one attached hydrogen (secondary N) is 2. The van der Waals surface area contributed by atoms with Gasteiger partial charge in [-0.1, -0.05) is 13.8 Å². The molecule has 0 aliphatic carbocycles. The number of rotatable bonds is 11. The van der Waals surface area contributed by atoms with Gasteiger partial charge >= 0.3 is 6.61 Å². The molecular formula is C21H35F2IN4O2. The number of hydrogen-bond donors (Lipinski definition) is 2. The highest BCUT2D eigenvalue weighted by atomic mass is 127. The van der Waals surface area contributed by atoms with Crippen LogP contribution in [0.1, 0.15) is 39.2 Å². The van der Waals surface area contributed by atoms with Crippen LogP contribution in [0.25, 0.3) is 0 Å². The van der Waals surface area contributed by atoms with E-state index in [0.29, 0.717) is 29.8 Å². The van der Waals surface area contributed by atoms with Crippen LogP contribution in [0.15, 0.2) is 23.2 Å². The van der Waals surface area contributed by atoms with Crippen LogP contribution < -0.4 is 20.1 Å². The van der Waals surface area contributed by atoms with E-state index in [2.05, 4.69) is 27.4 Å². The van der Waals surface area contributed by atoms with Crippen LogP contribution in [0, 0.1) is 5.92 Å². The molecule has 2 N–H and O–H groups in total. The number of nitrogens with zero attached hydrogens (tertiary/aromatic N) is 2. The fourth-order valence-corrected chi connectivity index (χ4v) is 3.29. The van der Waals surface area contributed by atoms with E-state index in [9.17, 15) is 8.78 Å². The zero-order valence-corrected chi connectivity index (χ0v) is 20.5. The molecule has 2 rings (SSSR count). The first-order valence-corrected chi connectivity index (χ1v) is 10.5. The summed E-state index contributed by atoms with van der Waals surface area (Å²) in [7, 11) is 0. The predicted octanol–water partition coefficient (Wildman–Crippen LogP) is 4.09. The highest BCUT2D eigenvalue weighted by molar-refractivity contribution is 14.0. The van der Waals surface area contributed by atoms with E-state index in [-0.39, 0.29) is 36.3 Å². The fraction of sp³-hybridized carbons (Fsp3) is 0.667. The second kappa shape index (κ2) is 14.6. The first-order chi connectivity index (χ1) is 14.0. The molecular weight excluding hydrogens is 505 g/mol. The van der Waals surface area contributed by atoms with E-state index in [1.807, 2.05) is 13.8 Å². The molecule has 0 aromatic heterocycles. The molecule has 30 heavy (non-hydrogen) atoms. The van der Waals surface area contributed by atoms with Gasteiger partial charge in [0.1, 0.15) is 11.5 Å². The molecule has 1 aromatic carbocycles. The molecule has 1 aromatic rings. The molecule has 0 amide bonds. The Labute approximate surface area is 195 Å². The van der Waals surface area contributed by atoms with Gasteiger partial charge in [0, 0.05) is 31.3 Å². The zero-order valence-electron chi connectivity index (χ0n) is 18.1. The number of alkyl halides is 2. The zero-order chi connectivity index (χ0) is 21.1. The predicted molar refractivity (Wildman–Crippen MR) is 127 cm³/mol. The smallest absolute Gasteiger partial charge is 0.387 e. The molecule has 172 valence electrons.